The van der Waals surface area contributed by atoms with E-state index in [1.807, 2.05) is 273 Å². The number of carbonyl (C=O) groups is 7. The second-order valence-electron chi connectivity index (χ2n) is 31.2. The molecule has 1 unspecified atom stereocenters. The van der Waals surface area contributed by atoms with Crippen molar-refractivity contribution in [1.82, 2.24) is 48.9 Å². The highest BCUT2D eigenvalue weighted by Gasteiger charge is 2.29. The van der Waals surface area contributed by atoms with Crippen LogP contribution < -0.4 is 5.46 Å². The van der Waals surface area contributed by atoms with Gasteiger partial charge in [0.1, 0.15) is 33.1 Å². The monoisotopic (exact) mass is 1740 g/mol. The molecule has 29 heteroatoms. The standard InChI is InChI=1S/C20H26N2O4.C17H22N2O2.C14H16N2O2.C13H14N2O2.C11H13BN2O2.2C6H11BrO2.CH4/c1-13-10-14(2)22(21-13)16-9-7-8-15(11-16)17(19(24)25-6)12-18(23)26-20(3,4)5;1-12-9-13(2)19(18-12)15-8-6-7-14(10-15)11-16(20)21-17(3,4)5;1-10-7-11(2)16(15-10)13-6-4-5-12(8-13)9-14(17)18-3;1-9-6-10(2)15(14-9)12-5-3-4-11(7-12)8-13(16)17;1-8-6-9(2)14(13-8)11-5-3-4-10(7-11)12(15)16;2*1-6(2,3)9-5(8)4-7;/h7-11,17H,12H2,1-6H3;6-10H,11H2,1-5H3;4-8H,9H2,1-3H3;3-7H,8H2,1-2H3,(H,16,17);3-7,15-16H,1-2H3;2*4H2,1-3H3;1H4. The Morgan fingerprint density at radius 1 is 0.376 bits per heavy atom. The molecule has 5 heterocycles. The van der Waals surface area contributed by atoms with Crippen LogP contribution in [0.2, 0.25) is 0 Å². The van der Waals surface area contributed by atoms with Crippen LogP contribution >= 0.6 is 31.9 Å². The van der Waals surface area contributed by atoms with Crippen LogP contribution in [0.15, 0.2) is 152 Å². The Labute approximate surface area is 706 Å². The zero-order valence-electron chi connectivity index (χ0n) is 71.2. The number of carboxylic acids is 1. The zero-order valence-corrected chi connectivity index (χ0v) is 74.4. The van der Waals surface area contributed by atoms with Gasteiger partial charge in [-0.05, 0) is 271 Å². The lowest BCUT2D eigenvalue weighted by Crippen LogP contribution is -2.30. The summed E-state index contributed by atoms with van der Waals surface area (Å²) in [6, 6.07) is 47.5. The van der Waals surface area contributed by atoms with E-state index in [1.54, 1.807) is 54.4 Å². The molecular weight excluding hydrogens is 1620 g/mol. The predicted molar refractivity (Wildman–Crippen MR) is 463 cm³/mol. The number of methoxy groups -OCH3 is 2. The summed E-state index contributed by atoms with van der Waals surface area (Å²) in [5.74, 6) is -3.35. The average molecular weight is 1740 g/mol. The molecule has 0 amide bonds. The van der Waals surface area contributed by atoms with Gasteiger partial charge in [0.2, 0.25) is 0 Å². The SMILES string of the molecule is C.CC(C)(C)OC(=O)CBr.CC(C)(C)OC(=O)CBr.COC(=O)C(CC(=O)OC(C)(C)C)c1cccc(-n2nc(C)cc2C)c1.COC(=O)Cc1cccc(-n2nc(C)cc2C)c1.Cc1cc(C)n(-c2cccc(B(O)O)c2)n1.Cc1cc(C)n(-c2cccc(CC(=O)O)c2)n1.Cc1cc(C)n(-c2cccc(CC(=O)OC(C)(C)C)c2)n1. The minimum atomic E-state index is -1.45. The molecule has 0 spiro atoms. The van der Waals surface area contributed by atoms with Gasteiger partial charge in [-0.25, -0.2) is 23.4 Å². The Hall–Kier alpha value is -10.6. The Morgan fingerprint density at radius 2 is 0.658 bits per heavy atom. The van der Waals surface area contributed by atoms with E-state index < -0.39 is 42.1 Å². The Balaban J connectivity index is 0.000000361. The maximum absolute atomic E-state index is 12.3. The van der Waals surface area contributed by atoms with E-state index in [4.69, 9.17) is 38.8 Å². The minimum Gasteiger partial charge on any atom is -0.481 e. The first-order chi connectivity index (χ1) is 54.0. The molecule has 0 saturated carbocycles. The first kappa shape index (κ1) is 101. The molecule has 0 radical (unpaired) electrons. The normalized spacial score (nSPS) is 11.1. The van der Waals surface area contributed by atoms with Crippen LogP contribution in [0.5, 0.6) is 0 Å². The molecule has 0 saturated heterocycles. The van der Waals surface area contributed by atoms with Gasteiger partial charge in [0.25, 0.3) is 0 Å². The molecule has 5 aromatic heterocycles. The fraction of sp³-hybridized carbons (Fsp3) is 0.409. The van der Waals surface area contributed by atoms with Crippen molar-refractivity contribution in [2.75, 3.05) is 24.9 Å². The Morgan fingerprint density at radius 3 is 0.932 bits per heavy atom. The molecule has 10 aromatic rings. The zero-order chi connectivity index (χ0) is 87.3. The molecule has 5 aromatic carbocycles. The number of esters is 6. The number of aryl methyl sites for hydroxylation is 10. The molecule has 632 valence electrons. The summed E-state index contributed by atoms with van der Waals surface area (Å²) in [5.41, 5.74) is 16.4. The number of benzene rings is 5. The van der Waals surface area contributed by atoms with Crippen LogP contribution in [-0.4, -0.2) is 160 Å². The predicted octanol–water partition coefficient (Wildman–Crippen LogP) is 15.4. The van der Waals surface area contributed by atoms with Gasteiger partial charge in [-0.15, -0.1) is 0 Å². The summed E-state index contributed by atoms with van der Waals surface area (Å²) in [6.45, 7) is 41.7. The number of ether oxygens (including phenoxy) is 6. The van der Waals surface area contributed by atoms with Gasteiger partial charge in [-0.3, -0.25) is 33.6 Å². The van der Waals surface area contributed by atoms with E-state index in [9.17, 15) is 33.6 Å². The average Bonchev–Trinajstić information content (AvgIpc) is 1.80. The highest BCUT2D eigenvalue weighted by molar-refractivity contribution is 9.09. The summed E-state index contributed by atoms with van der Waals surface area (Å²) in [6.07, 6.45) is 0.506. The van der Waals surface area contributed by atoms with Gasteiger partial charge in [0.15, 0.2) is 0 Å². The quantitative estimate of drug-likeness (QED) is 0.0311. The molecular formula is C88H117BBr2N10O16. The Kier molecular flexibility index (Phi) is 39.9. The first-order valence-electron chi connectivity index (χ1n) is 37.4. The lowest BCUT2D eigenvalue weighted by Gasteiger charge is -2.22. The lowest BCUT2D eigenvalue weighted by molar-refractivity contribution is -0.158. The number of aliphatic carboxylic acids is 1. The van der Waals surface area contributed by atoms with Crippen molar-refractivity contribution in [1.29, 1.82) is 0 Å². The number of hydrogen-bond acceptors (Lipinski definition) is 20. The van der Waals surface area contributed by atoms with E-state index in [0.29, 0.717) is 11.0 Å². The maximum Gasteiger partial charge on any atom is 0.488 e. The van der Waals surface area contributed by atoms with Crippen molar-refractivity contribution in [2.45, 2.75) is 214 Å². The molecule has 0 aliphatic carbocycles. The van der Waals surface area contributed by atoms with E-state index in [-0.39, 0.29) is 78.8 Å². The molecule has 117 heavy (non-hydrogen) atoms. The smallest absolute Gasteiger partial charge is 0.481 e. The highest BCUT2D eigenvalue weighted by Crippen LogP contribution is 2.27. The number of aromatic nitrogens is 10. The second-order valence-corrected chi connectivity index (χ2v) is 32.3. The summed E-state index contributed by atoms with van der Waals surface area (Å²) in [5, 5.41) is 49.5. The topological polar surface area (TPSA) is 325 Å². The third-order valence-electron chi connectivity index (χ3n) is 15.5. The van der Waals surface area contributed by atoms with E-state index in [2.05, 4.69) is 62.1 Å². The number of hydrogen-bond donors (Lipinski definition) is 3. The number of nitrogens with zero attached hydrogens (tertiary/aromatic N) is 10. The molecule has 3 N–H and O–H groups in total. The van der Waals surface area contributed by atoms with Crippen molar-refractivity contribution in [3.05, 3.63) is 231 Å². The van der Waals surface area contributed by atoms with E-state index in [1.165, 1.54) is 14.2 Å². The van der Waals surface area contributed by atoms with Crippen LogP contribution in [0.4, 0.5) is 0 Å². The van der Waals surface area contributed by atoms with Gasteiger partial charge in [-0.1, -0.05) is 100.0 Å². The van der Waals surface area contributed by atoms with Gasteiger partial charge in [0, 0.05) is 28.5 Å². The fourth-order valence-electron chi connectivity index (χ4n) is 11.3. The van der Waals surface area contributed by atoms with Crippen molar-refractivity contribution < 1.29 is 77.1 Å². The fourth-order valence-corrected chi connectivity index (χ4v) is 11.5. The van der Waals surface area contributed by atoms with Gasteiger partial charge in [0.05, 0.1) is 103 Å². The number of halogens is 2. The summed E-state index contributed by atoms with van der Waals surface area (Å²) < 4.78 is 39.2. The van der Waals surface area contributed by atoms with E-state index in [0.717, 1.165) is 102 Å². The Bertz CT molecular complexity index is 4880. The largest absolute Gasteiger partial charge is 0.488 e. The van der Waals surface area contributed by atoms with Crippen molar-refractivity contribution in [2.24, 2.45) is 0 Å². The number of carbonyl (C=O) groups excluding carboxylic acids is 6. The van der Waals surface area contributed by atoms with Crippen molar-refractivity contribution in [3.8, 4) is 28.4 Å². The van der Waals surface area contributed by atoms with Crippen LogP contribution in [0.3, 0.4) is 0 Å². The number of carboxylic acid groups (broad SMARTS) is 1. The molecule has 0 fully saturated rings. The molecule has 10 rings (SSSR count). The summed E-state index contributed by atoms with van der Waals surface area (Å²) >= 11 is 5.99. The molecule has 0 bridgehead atoms. The molecule has 0 aliphatic heterocycles. The maximum atomic E-state index is 12.3. The van der Waals surface area contributed by atoms with Crippen LogP contribution in [0.1, 0.15) is 182 Å². The minimum absolute atomic E-state index is 0. The third kappa shape index (κ3) is 36.6. The first-order valence-corrected chi connectivity index (χ1v) is 39.6. The summed E-state index contributed by atoms with van der Waals surface area (Å²) in [4.78, 5) is 79.4. The number of rotatable bonds is 18. The summed E-state index contributed by atoms with van der Waals surface area (Å²) in [7, 11) is 1.26. The second kappa shape index (κ2) is 46.4. The number of alkyl halides is 2. The van der Waals surface area contributed by atoms with Crippen molar-refractivity contribution in [3.63, 3.8) is 0 Å². The lowest BCUT2D eigenvalue weighted by atomic mass is 9.80. The van der Waals surface area contributed by atoms with Crippen molar-refractivity contribution >= 4 is 86.2 Å². The van der Waals surface area contributed by atoms with Crippen LogP contribution in [-0.2, 0) is 81.2 Å². The van der Waals surface area contributed by atoms with Crippen LogP contribution in [0, 0.1) is 69.2 Å². The highest BCUT2D eigenvalue weighted by atomic mass is 79.9. The molecule has 26 nitrogen and oxygen atoms in total. The van der Waals surface area contributed by atoms with Gasteiger partial charge < -0.3 is 43.6 Å². The molecule has 0 aliphatic rings. The van der Waals surface area contributed by atoms with Gasteiger partial charge >= 0.3 is 48.9 Å². The molecule has 1 atom stereocenters. The third-order valence-corrected chi connectivity index (χ3v) is 16.4. The van der Waals surface area contributed by atoms with E-state index >= 15 is 0 Å². The van der Waals surface area contributed by atoms with Crippen LogP contribution in [0.25, 0.3) is 28.4 Å². The van der Waals surface area contributed by atoms with Gasteiger partial charge in [-0.2, -0.15) is 25.5 Å².